The topological polar surface area (TPSA) is 37.8 Å². The van der Waals surface area contributed by atoms with E-state index in [0.717, 1.165) is 56.9 Å². The molecule has 3 fully saturated rings. The normalized spacial score (nSPS) is 30.7. The van der Waals surface area contributed by atoms with Gasteiger partial charge in [-0.05, 0) is 25.7 Å². The molecule has 4 rings (SSSR count). The third kappa shape index (κ3) is 3.77. The SMILES string of the molecule is Cc1nc(CN2CCO[C@@H]3CN(CC4CCOCC4)C[C@@H]32)cs1. The quantitative estimate of drug-likeness (QED) is 0.837. The summed E-state index contributed by atoms with van der Waals surface area (Å²) in [6.07, 6.45) is 2.81. The Labute approximate surface area is 142 Å². The number of hydrogen-bond acceptors (Lipinski definition) is 6. The van der Waals surface area contributed by atoms with Crippen LogP contribution in [0.5, 0.6) is 0 Å². The zero-order valence-corrected chi connectivity index (χ0v) is 14.8. The molecule has 0 spiro atoms. The first-order valence-corrected chi connectivity index (χ1v) is 9.72. The second kappa shape index (κ2) is 7.15. The summed E-state index contributed by atoms with van der Waals surface area (Å²) in [6, 6.07) is 0.533. The van der Waals surface area contributed by atoms with Gasteiger partial charge < -0.3 is 9.47 Å². The van der Waals surface area contributed by atoms with Crippen molar-refractivity contribution in [1.29, 1.82) is 0 Å². The molecule has 0 aliphatic carbocycles. The zero-order chi connectivity index (χ0) is 15.6. The molecule has 0 aromatic carbocycles. The van der Waals surface area contributed by atoms with E-state index >= 15 is 0 Å². The lowest BCUT2D eigenvalue weighted by Crippen LogP contribution is -2.50. The molecule has 0 saturated carbocycles. The molecule has 0 radical (unpaired) electrons. The maximum Gasteiger partial charge on any atom is 0.0897 e. The Morgan fingerprint density at radius 3 is 2.91 bits per heavy atom. The lowest BCUT2D eigenvalue weighted by molar-refractivity contribution is -0.0508. The van der Waals surface area contributed by atoms with E-state index in [0.29, 0.717) is 12.1 Å². The first kappa shape index (κ1) is 16.0. The molecule has 0 unspecified atom stereocenters. The van der Waals surface area contributed by atoms with E-state index in [1.54, 1.807) is 11.3 Å². The molecular weight excluding hydrogens is 310 g/mol. The number of aromatic nitrogens is 1. The molecule has 23 heavy (non-hydrogen) atoms. The van der Waals surface area contributed by atoms with Crippen molar-refractivity contribution in [3.63, 3.8) is 0 Å². The van der Waals surface area contributed by atoms with Crippen LogP contribution >= 0.6 is 11.3 Å². The van der Waals surface area contributed by atoms with E-state index in [-0.39, 0.29) is 0 Å². The summed E-state index contributed by atoms with van der Waals surface area (Å²) < 4.78 is 11.6. The van der Waals surface area contributed by atoms with Crippen LogP contribution in [-0.2, 0) is 16.0 Å². The molecule has 4 heterocycles. The lowest BCUT2D eigenvalue weighted by atomic mass is 10.00. The smallest absolute Gasteiger partial charge is 0.0897 e. The number of nitrogens with zero attached hydrogens (tertiary/aromatic N) is 3. The standard InChI is InChI=1S/C17H27N3O2S/c1-13-18-15(12-23-13)9-20-4-7-22-17-11-19(10-16(17)20)8-14-2-5-21-6-3-14/h12,14,16-17H,2-11H2,1H3/t16-,17+/m0/s1. The van der Waals surface area contributed by atoms with Crippen LogP contribution in [0.1, 0.15) is 23.5 Å². The van der Waals surface area contributed by atoms with Crippen molar-refractivity contribution in [2.75, 3.05) is 46.0 Å². The van der Waals surface area contributed by atoms with Gasteiger partial charge >= 0.3 is 0 Å². The fourth-order valence-corrected chi connectivity index (χ4v) is 4.77. The van der Waals surface area contributed by atoms with Crippen LogP contribution in [0.25, 0.3) is 0 Å². The van der Waals surface area contributed by atoms with Crippen molar-refractivity contribution in [2.45, 2.75) is 38.5 Å². The minimum absolute atomic E-state index is 0.378. The van der Waals surface area contributed by atoms with Gasteiger partial charge in [0.1, 0.15) is 0 Å². The molecule has 5 nitrogen and oxygen atoms in total. The van der Waals surface area contributed by atoms with Gasteiger partial charge in [0, 0.05) is 51.3 Å². The van der Waals surface area contributed by atoms with Gasteiger partial charge in [0.25, 0.3) is 0 Å². The van der Waals surface area contributed by atoms with Crippen molar-refractivity contribution >= 4 is 11.3 Å². The molecule has 3 aliphatic rings. The molecule has 1 aromatic rings. The maximum absolute atomic E-state index is 6.07. The number of thiazole rings is 1. The second-order valence-corrected chi connectivity index (χ2v) is 8.14. The summed E-state index contributed by atoms with van der Waals surface area (Å²) in [5.41, 5.74) is 1.22. The second-order valence-electron chi connectivity index (χ2n) is 7.08. The number of aryl methyl sites for hydroxylation is 1. The molecule has 3 saturated heterocycles. The molecule has 128 valence electrons. The Balaban J connectivity index is 1.36. The van der Waals surface area contributed by atoms with Crippen molar-refractivity contribution in [3.8, 4) is 0 Å². The van der Waals surface area contributed by atoms with Gasteiger partial charge in [-0.2, -0.15) is 0 Å². The number of ether oxygens (including phenoxy) is 2. The van der Waals surface area contributed by atoms with Crippen LogP contribution in [0, 0.1) is 12.8 Å². The van der Waals surface area contributed by atoms with Gasteiger partial charge in [0.2, 0.25) is 0 Å². The van der Waals surface area contributed by atoms with Gasteiger partial charge in [0.15, 0.2) is 0 Å². The van der Waals surface area contributed by atoms with Gasteiger partial charge in [-0.3, -0.25) is 9.80 Å². The number of fused-ring (bicyclic) bond motifs is 1. The first-order valence-electron chi connectivity index (χ1n) is 8.84. The summed E-state index contributed by atoms with van der Waals surface area (Å²) >= 11 is 1.75. The molecule has 3 aliphatic heterocycles. The fraction of sp³-hybridized carbons (Fsp3) is 0.824. The largest absolute Gasteiger partial charge is 0.381 e. The van der Waals surface area contributed by atoms with Crippen molar-refractivity contribution in [1.82, 2.24) is 14.8 Å². The Bertz CT molecular complexity index is 518. The Morgan fingerprint density at radius 2 is 2.13 bits per heavy atom. The molecule has 0 amide bonds. The molecule has 6 heteroatoms. The van der Waals surface area contributed by atoms with Crippen molar-refractivity contribution < 1.29 is 9.47 Å². The minimum Gasteiger partial charge on any atom is -0.381 e. The summed E-state index contributed by atoms with van der Waals surface area (Å²) in [5, 5.41) is 3.37. The van der Waals surface area contributed by atoms with Crippen LogP contribution in [0.15, 0.2) is 5.38 Å². The maximum atomic E-state index is 6.07. The Kier molecular flexibility index (Phi) is 4.96. The molecule has 0 bridgehead atoms. The van der Waals surface area contributed by atoms with E-state index < -0.39 is 0 Å². The minimum atomic E-state index is 0.378. The monoisotopic (exact) mass is 337 g/mol. The van der Waals surface area contributed by atoms with Gasteiger partial charge in [-0.15, -0.1) is 11.3 Å². The predicted molar refractivity (Wildman–Crippen MR) is 90.8 cm³/mol. The number of likely N-dealkylation sites (tertiary alicyclic amines) is 1. The highest BCUT2D eigenvalue weighted by Gasteiger charge is 2.40. The van der Waals surface area contributed by atoms with Crippen LogP contribution < -0.4 is 0 Å². The number of rotatable bonds is 4. The highest BCUT2D eigenvalue weighted by Crippen LogP contribution is 2.27. The number of morpholine rings is 1. The van der Waals surface area contributed by atoms with E-state index in [9.17, 15) is 0 Å². The Morgan fingerprint density at radius 1 is 1.26 bits per heavy atom. The van der Waals surface area contributed by atoms with E-state index in [1.807, 2.05) is 0 Å². The summed E-state index contributed by atoms with van der Waals surface area (Å²) in [4.78, 5) is 9.85. The summed E-state index contributed by atoms with van der Waals surface area (Å²) in [5.74, 6) is 0.804. The first-order chi connectivity index (χ1) is 11.3. The molecule has 2 atom stereocenters. The van der Waals surface area contributed by atoms with E-state index in [1.165, 1.54) is 25.1 Å². The average molecular weight is 337 g/mol. The molecule has 0 N–H and O–H groups in total. The van der Waals surface area contributed by atoms with E-state index in [2.05, 4.69) is 27.1 Å². The van der Waals surface area contributed by atoms with Gasteiger partial charge in [0.05, 0.1) is 29.5 Å². The molecule has 1 aromatic heterocycles. The third-order valence-electron chi connectivity index (χ3n) is 5.38. The summed E-state index contributed by atoms with van der Waals surface area (Å²) in [7, 11) is 0. The number of hydrogen-bond donors (Lipinski definition) is 0. The van der Waals surface area contributed by atoms with E-state index in [4.69, 9.17) is 9.47 Å². The average Bonchev–Trinajstić information content (AvgIpc) is 3.15. The van der Waals surface area contributed by atoms with Crippen LogP contribution in [-0.4, -0.2) is 72.9 Å². The Hall–Kier alpha value is -0.530. The van der Waals surface area contributed by atoms with Crippen molar-refractivity contribution in [2.24, 2.45) is 5.92 Å². The third-order valence-corrected chi connectivity index (χ3v) is 6.20. The zero-order valence-electron chi connectivity index (χ0n) is 13.9. The van der Waals surface area contributed by atoms with Gasteiger partial charge in [-0.25, -0.2) is 4.98 Å². The fourth-order valence-electron chi connectivity index (χ4n) is 4.16. The highest BCUT2D eigenvalue weighted by atomic mass is 32.1. The van der Waals surface area contributed by atoms with Gasteiger partial charge in [-0.1, -0.05) is 0 Å². The predicted octanol–water partition coefficient (Wildman–Crippen LogP) is 1.76. The van der Waals surface area contributed by atoms with Crippen LogP contribution in [0.4, 0.5) is 0 Å². The van der Waals surface area contributed by atoms with Crippen LogP contribution in [0.3, 0.4) is 0 Å². The highest BCUT2D eigenvalue weighted by molar-refractivity contribution is 7.09. The summed E-state index contributed by atoms with van der Waals surface area (Å²) in [6.45, 7) is 10.3. The lowest BCUT2D eigenvalue weighted by Gasteiger charge is -2.36. The van der Waals surface area contributed by atoms with Crippen LogP contribution in [0.2, 0.25) is 0 Å². The van der Waals surface area contributed by atoms with Crippen molar-refractivity contribution in [3.05, 3.63) is 16.1 Å². The molecular formula is C17H27N3O2S.